The number of ether oxygens (including phenoxy) is 1. The Kier molecular flexibility index (Phi) is 4.98. The zero-order valence-corrected chi connectivity index (χ0v) is 17.3. The molecule has 150 valence electrons. The largest absolute Gasteiger partial charge is 0.396 e. The number of aliphatic hydroxyl groups excluding tert-OH is 2. The Labute approximate surface area is 159 Å². The first-order chi connectivity index (χ1) is 12.4. The quantitative estimate of drug-likeness (QED) is 0.787. The molecule has 4 saturated carbocycles. The lowest BCUT2D eigenvalue weighted by atomic mass is 9.44. The molecule has 0 amide bonds. The van der Waals surface area contributed by atoms with Crippen LogP contribution in [0, 0.1) is 46.3 Å². The van der Waals surface area contributed by atoms with Crippen molar-refractivity contribution in [3.8, 4) is 0 Å². The van der Waals surface area contributed by atoms with Crippen molar-refractivity contribution in [1.29, 1.82) is 0 Å². The first-order valence-corrected chi connectivity index (χ1v) is 11.2. The predicted octanol–water partition coefficient (Wildman–Crippen LogP) is 4.26. The fourth-order valence-corrected chi connectivity index (χ4v) is 8.78. The Morgan fingerprint density at radius 3 is 2.46 bits per heavy atom. The van der Waals surface area contributed by atoms with E-state index in [4.69, 9.17) is 4.74 Å². The monoisotopic (exact) mass is 364 g/mol. The van der Waals surface area contributed by atoms with Gasteiger partial charge >= 0.3 is 0 Å². The van der Waals surface area contributed by atoms with Crippen LogP contribution >= 0.6 is 0 Å². The number of hydrogen-bond donors (Lipinski definition) is 2. The number of rotatable bonds is 3. The van der Waals surface area contributed by atoms with Crippen LogP contribution in [-0.4, -0.2) is 36.1 Å². The van der Waals surface area contributed by atoms with Crippen LogP contribution in [0.3, 0.4) is 0 Å². The SMILES string of the molecule is COC1CC2C(CCC3(C)C2CC(O)C3[C@H](C)CO)C2(C)CCCCC12. The number of methoxy groups -OCH3 is 1. The smallest absolute Gasteiger partial charge is 0.0607 e. The molecular weight excluding hydrogens is 324 g/mol. The molecule has 0 spiro atoms. The van der Waals surface area contributed by atoms with E-state index in [9.17, 15) is 10.2 Å². The average molecular weight is 365 g/mol. The summed E-state index contributed by atoms with van der Waals surface area (Å²) in [5, 5.41) is 20.7. The molecule has 0 aliphatic heterocycles. The van der Waals surface area contributed by atoms with Crippen LogP contribution in [0.4, 0.5) is 0 Å². The summed E-state index contributed by atoms with van der Waals surface area (Å²) in [6, 6.07) is 0. The van der Waals surface area contributed by atoms with Gasteiger partial charge in [0.2, 0.25) is 0 Å². The standard InChI is InChI=1S/C23H40O3/c1-14(13-24)21-19(25)12-18-15-11-20(26-4)17-7-5-6-9-22(17,2)16(15)8-10-23(18,21)3/h14-21,24-25H,5-13H2,1-4H3/t14-,15?,16?,17?,18?,19?,20?,21?,22?,23?/m1/s1. The maximum Gasteiger partial charge on any atom is 0.0607 e. The van der Waals surface area contributed by atoms with Gasteiger partial charge in [-0.25, -0.2) is 0 Å². The normalized spacial score (nSPS) is 54.9. The van der Waals surface area contributed by atoms with Crippen LogP contribution in [0.2, 0.25) is 0 Å². The van der Waals surface area contributed by atoms with Gasteiger partial charge in [-0.3, -0.25) is 0 Å². The van der Waals surface area contributed by atoms with Crippen LogP contribution in [0.5, 0.6) is 0 Å². The van der Waals surface area contributed by atoms with Crippen molar-refractivity contribution in [2.75, 3.05) is 13.7 Å². The van der Waals surface area contributed by atoms with Gasteiger partial charge in [0.05, 0.1) is 12.2 Å². The molecule has 4 fully saturated rings. The fraction of sp³-hybridized carbons (Fsp3) is 1.00. The van der Waals surface area contributed by atoms with E-state index in [1.165, 1.54) is 44.9 Å². The van der Waals surface area contributed by atoms with Crippen molar-refractivity contribution in [3.05, 3.63) is 0 Å². The lowest BCUT2D eigenvalue weighted by Gasteiger charge is -2.62. The van der Waals surface area contributed by atoms with Crippen LogP contribution in [0.1, 0.15) is 72.1 Å². The molecule has 0 radical (unpaired) electrons. The molecule has 2 N–H and O–H groups in total. The lowest BCUT2D eigenvalue weighted by molar-refractivity contribution is -0.168. The van der Waals surface area contributed by atoms with Gasteiger partial charge in [0.15, 0.2) is 0 Å². The number of hydrogen-bond acceptors (Lipinski definition) is 3. The summed E-state index contributed by atoms with van der Waals surface area (Å²) in [4.78, 5) is 0. The van der Waals surface area contributed by atoms with Gasteiger partial charge < -0.3 is 14.9 Å². The summed E-state index contributed by atoms with van der Waals surface area (Å²) < 4.78 is 6.08. The summed E-state index contributed by atoms with van der Waals surface area (Å²) in [5.41, 5.74) is 0.605. The second-order valence-corrected chi connectivity index (χ2v) is 10.8. The molecular formula is C23H40O3. The molecule has 3 heteroatoms. The molecule has 0 heterocycles. The van der Waals surface area contributed by atoms with E-state index in [-0.39, 0.29) is 30.0 Å². The Morgan fingerprint density at radius 2 is 1.77 bits per heavy atom. The minimum Gasteiger partial charge on any atom is -0.396 e. The van der Waals surface area contributed by atoms with Gasteiger partial charge in [-0.05, 0) is 84.9 Å². The Hall–Kier alpha value is -0.120. The van der Waals surface area contributed by atoms with Crippen molar-refractivity contribution in [2.24, 2.45) is 46.3 Å². The van der Waals surface area contributed by atoms with E-state index in [1.54, 1.807) is 0 Å². The van der Waals surface area contributed by atoms with Crippen molar-refractivity contribution >= 4 is 0 Å². The highest BCUT2D eigenvalue weighted by atomic mass is 16.5. The Balaban J connectivity index is 1.67. The summed E-state index contributed by atoms with van der Waals surface area (Å²) in [5.74, 6) is 3.24. The molecule has 3 nitrogen and oxygen atoms in total. The fourth-order valence-electron chi connectivity index (χ4n) is 8.78. The van der Waals surface area contributed by atoms with Gasteiger partial charge in [-0.15, -0.1) is 0 Å². The van der Waals surface area contributed by atoms with E-state index in [2.05, 4.69) is 20.8 Å². The van der Waals surface area contributed by atoms with Gasteiger partial charge in [-0.1, -0.05) is 33.6 Å². The summed E-state index contributed by atoms with van der Waals surface area (Å²) >= 11 is 0. The first kappa shape index (κ1) is 19.2. The van der Waals surface area contributed by atoms with E-state index < -0.39 is 0 Å². The molecule has 0 aromatic heterocycles. The molecule has 4 aliphatic carbocycles. The minimum atomic E-state index is -0.246. The zero-order valence-electron chi connectivity index (χ0n) is 17.3. The molecule has 9 unspecified atom stereocenters. The average Bonchev–Trinajstić information content (AvgIpc) is 2.90. The van der Waals surface area contributed by atoms with Crippen LogP contribution < -0.4 is 0 Å². The number of fused-ring (bicyclic) bond motifs is 5. The van der Waals surface area contributed by atoms with E-state index >= 15 is 0 Å². The minimum absolute atomic E-state index is 0.179. The molecule has 4 rings (SSSR count). The van der Waals surface area contributed by atoms with Gasteiger partial charge in [-0.2, -0.15) is 0 Å². The van der Waals surface area contributed by atoms with Gasteiger partial charge in [0.25, 0.3) is 0 Å². The summed E-state index contributed by atoms with van der Waals surface area (Å²) in [6.07, 6.45) is 10.3. The molecule has 0 aromatic carbocycles. The molecule has 4 aliphatic rings. The molecule has 10 atom stereocenters. The van der Waals surface area contributed by atoms with Crippen molar-refractivity contribution < 1.29 is 14.9 Å². The third-order valence-corrected chi connectivity index (χ3v) is 9.88. The topological polar surface area (TPSA) is 49.7 Å². The van der Waals surface area contributed by atoms with Crippen molar-refractivity contribution in [2.45, 2.75) is 84.3 Å². The molecule has 26 heavy (non-hydrogen) atoms. The van der Waals surface area contributed by atoms with Crippen molar-refractivity contribution in [3.63, 3.8) is 0 Å². The maximum atomic E-state index is 11.0. The highest BCUT2D eigenvalue weighted by Crippen LogP contribution is 2.68. The third kappa shape index (κ3) is 2.56. The molecule has 0 aromatic rings. The maximum absolute atomic E-state index is 11.0. The predicted molar refractivity (Wildman–Crippen MR) is 104 cm³/mol. The van der Waals surface area contributed by atoms with Crippen LogP contribution in [0.15, 0.2) is 0 Å². The zero-order chi connectivity index (χ0) is 18.7. The van der Waals surface area contributed by atoms with Crippen LogP contribution in [0.25, 0.3) is 0 Å². The van der Waals surface area contributed by atoms with Gasteiger partial charge in [0.1, 0.15) is 0 Å². The molecule has 0 bridgehead atoms. The van der Waals surface area contributed by atoms with E-state index in [1.807, 2.05) is 7.11 Å². The summed E-state index contributed by atoms with van der Waals surface area (Å²) in [7, 11) is 1.92. The van der Waals surface area contributed by atoms with E-state index in [0.29, 0.717) is 23.4 Å². The summed E-state index contributed by atoms with van der Waals surface area (Å²) in [6.45, 7) is 7.32. The molecule has 0 saturated heterocycles. The second-order valence-electron chi connectivity index (χ2n) is 10.8. The van der Waals surface area contributed by atoms with Crippen molar-refractivity contribution in [1.82, 2.24) is 0 Å². The van der Waals surface area contributed by atoms with Gasteiger partial charge in [0, 0.05) is 13.7 Å². The Bertz CT molecular complexity index is 522. The Morgan fingerprint density at radius 1 is 1.00 bits per heavy atom. The third-order valence-electron chi connectivity index (χ3n) is 9.88. The van der Waals surface area contributed by atoms with Crippen LogP contribution in [-0.2, 0) is 4.74 Å². The van der Waals surface area contributed by atoms with E-state index in [0.717, 1.165) is 18.3 Å². The lowest BCUT2D eigenvalue weighted by Crippen LogP contribution is -2.57. The highest BCUT2D eigenvalue weighted by Gasteiger charge is 2.63. The second kappa shape index (κ2) is 6.74. The number of aliphatic hydroxyl groups is 2. The highest BCUT2D eigenvalue weighted by molar-refractivity contribution is 5.12. The first-order valence-electron chi connectivity index (χ1n) is 11.2.